The summed E-state index contributed by atoms with van der Waals surface area (Å²) in [5.74, 6) is -0.835. The van der Waals surface area contributed by atoms with Gasteiger partial charge in [0.25, 0.3) is 5.91 Å². The van der Waals surface area contributed by atoms with Crippen LogP contribution in [0.2, 0.25) is 0 Å². The normalized spacial score (nSPS) is 28.5. The minimum absolute atomic E-state index is 0.0510. The molecule has 0 aromatic heterocycles. The largest absolute Gasteiger partial charge is 0.339 e. The predicted octanol–water partition coefficient (Wildman–Crippen LogP) is 3.06. The van der Waals surface area contributed by atoms with Crippen LogP contribution in [0.25, 0.3) is 0 Å². The van der Waals surface area contributed by atoms with Gasteiger partial charge < -0.3 is 10.2 Å². The standard InChI is InChI=1S/C26H41N3O5S/c1-6-8-10-18(3)15-19(4)16-22(30)29-14-9-11-21(29)23(31)27-26(17-20(26)7-2)24(32)28-35(33,34)25(5)12-13-25/h6-7,18-21H,1-2,8-17H2,3-5H3,(H,27,31)(H,28,32)/t18?,19-,20-,21+,26-/m1/s1. The maximum atomic E-state index is 13.3. The van der Waals surface area contributed by atoms with E-state index in [1.54, 1.807) is 17.9 Å². The highest BCUT2D eigenvalue weighted by Gasteiger charge is 2.62. The number of allylic oxidation sites excluding steroid dienone is 1. The second-order valence-electron chi connectivity index (χ2n) is 11.2. The fourth-order valence-corrected chi connectivity index (χ4v) is 6.47. The van der Waals surface area contributed by atoms with Crippen molar-refractivity contribution in [3.8, 4) is 0 Å². The smallest absolute Gasteiger partial charge is 0.259 e. The van der Waals surface area contributed by atoms with Crippen molar-refractivity contribution in [2.75, 3.05) is 6.54 Å². The van der Waals surface area contributed by atoms with Gasteiger partial charge in [-0.3, -0.25) is 19.1 Å². The summed E-state index contributed by atoms with van der Waals surface area (Å²) >= 11 is 0. The van der Waals surface area contributed by atoms with E-state index < -0.39 is 38.2 Å². The lowest BCUT2D eigenvalue weighted by molar-refractivity contribution is -0.140. The zero-order valence-corrected chi connectivity index (χ0v) is 22.2. The Balaban J connectivity index is 1.61. The van der Waals surface area contributed by atoms with Crippen molar-refractivity contribution in [1.29, 1.82) is 0 Å². The summed E-state index contributed by atoms with van der Waals surface area (Å²) < 4.78 is 26.4. The molecule has 3 rings (SSSR count). The number of rotatable bonds is 13. The van der Waals surface area contributed by atoms with Crippen LogP contribution in [0.4, 0.5) is 0 Å². The molecule has 0 aromatic rings. The van der Waals surface area contributed by atoms with Crippen molar-refractivity contribution < 1.29 is 22.8 Å². The number of nitrogens with one attached hydrogen (secondary N) is 2. The molecule has 2 saturated carbocycles. The van der Waals surface area contributed by atoms with E-state index >= 15 is 0 Å². The first-order valence-corrected chi connectivity index (χ1v) is 14.3. The van der Waals surface area contributed by atoms with Crippen LogP contribution < -0.4 is 10.0 Å². The molecule has 9 heteroatoms. The van der Waals surface area contributed by atoms with Gasteiger partial charge in [-0.15, -0.1) is 13.2 Å². The summed E-state index contributed by atoms with van der Waals surface area (Å²) in [6.07, 6.45) is 9.32. The molecule has 1 aliphatic heterocycles. The Kier molecular flexibility index (Phi) is 8.19. The molecule has 5 atom stereocenters. The molecule has 196 valence electrons. The number of likely N-dealkylation sites (tertiary alicyclic amines) is 1. The van der Waals surface area contributed by atoms with Crippen LogP contribution in [-0.2, 0) is 24.4 Å². The molecule has 3 amide bonds. The van der Waals surface area contributed by atoms with Crippen LogP contribution in [-0.4, -0.2) is 53.9 Å². The van der Waals surface area contributed by atoms with Crippen molar-refractivity contribution in [2.45, 2.75) is 94.9 Å². The van der Waals surface area contributed by atoms with Crippen LogP contribution in [0.1, 0.15) is 78.6 Å². The van der Waals surface area contributed by atoms with E-state index in [4.69, 9.17) is 0 Å². The lowest BCUT2D eigenvalue weighted by Gasteiger charge is -2.28. The van der Waals surface area contributed by atoms with Gasteiger partial charge in [0.2, 0.25) is 21.8 Å². The van der Waals surface area contributed by atoms with E-state index in [1.807, 2.05) is 6.08 Å². The van der Waals surface area contributed by atoms with E-state index in [0.717, 1.165) is 19.3 Å². The minimum atomic E-state index is -3.82. The Bertz CT molecular complexity index is 973. The molecule has 2 N–H and O–H groups in total. The van der Waals surface area contributed by atoms with Gasteiger partial charge in [-0.25, -0.2) is 8.42 Å². The second-order valence-corrected chi connectivity index (χ2v) is 13.3. The monoisotopic (exact) mass is 507 g/mol. The van der Waals surface area contributed by atoms with Crippen molar-refractivity contribution >= 4 is 27.7 Å². The number of amides is 3. The molecule has 1 unspecified atom stereocenters. The topological polar surface area (TPSA) is 113 Å². The van der Waals surface area contributed by atoms with Gasteiger partial charge in [-0.1, -0.05) is 26.0 Å². The highest BCUT2D eigenvalue weighted by Crippen LogP contribution is 2.47. The van der Waals surface area contributed by atoms with Crippen molar-refractivity contribution in [3.05, 3.63) is 25.3 Å². The molecule has 0 aromatic carbocycles. The molecule has 0 radical (unpaired) electrons. The van der Waals surface area contributed by atoms with Gasteiger partial charge in [0.15, 0.2) is 0 Å². The first kappa shape index (κ1) is 27.4. The van der Waals surface area contributed by atoms with Crippen molar-refractivity contribution in [2.24, 2.45) is 17.8 Å². The molecule has 0 spiro atoms. The molecule has 1 saturated heterocycles. The summed E-state index contributed by atoms with van der Waals surface area (Å²) in [4.78, 5) is 41.0. The van der Waals surface area contributed by atoms with E-state index in [-0.39, 0.29) is 17.7 Å². The Hall–Kier alpha value is -2.16. The van der Waals surface area contributed by atoms with Gasteiger partial charge in [0.1, 0.15) is 11.6 Å². The highest BCUT2D eigenvalue weighted by atomic mass is 32.2. The number of carbonyl (C=O) groups excluding carboxylic acids is 3. The number of carbonyl (C=O) groups is 3. The van der Waals surface area contributed by atoms with Crippen LogP contribution >= 0.6 is 0 Å². The molecule has 8 nitrogen and oxygen atoms in total. The lowest BCUT2D eigenvalue weighted by Crippen LogP contribution is -2.57. The molecule has 0 bridgehead atoms. The third-order valence-corrected chi connectivity index (χ3v) is 10.1. The SMILES string of the molecule is C=CCCC(C)C[C@@H](C)CC(=O)N1CCC[C@H]1C(=O)N[C@]1(C(=O)NS(=O)(=O)C2(C)CC2)C[C@H]1C=C. The van der Waals surface area contributed by atoms with Gasteiger partial charge in [-0.05, 0) is 70.1 Å². The molecule has 3 fully saturated rings. The molecule has 35 heavy (non-hydrogen) atoms. The number of sulfonamides is 1. The number of nitrogens with zero attached hydrogens (tertiary/aromatic N) is 1. The van der Waals surface area contributed by atoms with Gasteiger partial charge in [0, 0.05) is 18.9 Å². The maximum Gasteiger partial charge on any atom is 0.259 e. The molecular formula is C26H41N3O5S. The summed E-state index contributed by atoms with van der Waals surface area (Å²) in [5, 5.41) is 2.81. The van der Waals surface area contributed by atoms with E-state index in [0.29, 0.717) is 51.0 Å². The molecule has 1 heterocycles. The van der Waals surface area contributed by atoms with E-state index in [1.165, 1.54) is 0 Å². The first-order chi connectivity index (χ1) is 16.4. The van der Waals surface area contributed by atoms with Gasteiger partial charge >= 0.3 is 0 Å². The van der Waals surface area contributed by atoms with Crippen molar-refractivity contribution in [3.63, 3.8) is 0 Å². The molecular weight excluding hydrogens is 466 g/mol. The quantitative estimate of drug-likeness (QED) is 0.372. The lowest BCUT2D eigenvalue weighted by atomic mass is 9.91. The van der Waals surface area contributed by atoms with Crippen LogP contribution in [0.5, 0.6) is 0 Å². The average molecular weight is 508 g/mol. The third-order valence-electron chi connectivity index (χ3n) is 7.95. The summed E-state index contributed by atoms with van der Waals surface area (Å²) in [6.45, 7) is 13.8. The Labute approximate surface area is 210 Å². The fraction of sp³-hybridized carbons (Fsp3) is 0.731. The number of hydrogen-bond donors (Lipinski definition) is 2. The van der Waals surface area contributed by atoms with Gasteiger partial charge in [-0.2, -0.15) is 0 Å². The molecule has 3 aliphatic rings. The average Bonchev–Trinajstić information content (AvgIpc) is 3.65. The first-order valence-electron chi connectivity index (χ1n) is 12.8. The van der Waals surface area contributed by atoms with E-state index in [9.17, 15) is 22.8 Å². The Morgan fingerprint density at radius 1 is 1.17 bits per heavy atom. The Morgan fingerprint density at radius 2 is 1.86 bits per heavy atom. The zero-order valence-electron chi connectivity index (χ0n) is 21.3. The fourth-order valence-electron chi connectivity index (χ4n) is 5.16. The Morgan fingerprint density at radius 3 is 2.43 bits per heavy atom. The van der Waals surface area contributed by atoms with E-state index in [2.05, 4.69) is 37.0 Å². The van der Waals surface area contributed by atoms with Gasteiger partial charge in [0.05, 0.1) is 4.75 Å². The predicted molar refractivity (Wildman–Crippen MR) is 136 cm³/mol. The van der Waals surface area contributed by atoms with Crippen LogP contribution in [0.15, 0.2) is 25.3 Å². The summed E-state index contributed by atoms with van der Waals surface area (Å²) in [5.41, 5.74) is -1.33. The third kappa shape index (κ3) is 5.98. The zero-order chi connectivity index (χ0) is 26.0. The molecule has 2 aliphatic carbocycles. The second kappa shape index (κ2) is 10.4. The van der Waals surface area contributed by atoms with Crippen LogP contribution in [0, 0.1) is 17.8 Å². The maximum absolute atomic E-state index is 13.3. The highest BCUT2D eigenvalue weighted by molar-refractivity contribution is 7.91. The summed E-state index contributed by atoms with van der Waals surface area (Å²) in [6, 6.07) is -0.652. The van der Waals surface area contributed by atoms with Crippen LogP contribution in [0.3, 0.4) is 0 Å². The summed E-state index contributed by atoms with van der Waals surface area (Å²) in [7, 11) is -3.82. The number of hydrogen-bond acceptors (Lipinski definition) is 5. The minimum Gasteiger partial charge on any atom is -0.339 e. The van der Waals surface area contributed by atoms with Crippen molar-refractivity contribution in [1.82, 2.24) is 14.9 Å².